The Bertz CT molecular complexity index is 1190. The average molecular weight is 464 g/mol. The molecular formula is C21H22FN3O4S2. The second-order valence-corrected chi connectivity index (χ2v) is 10.6. The fourth-order valence-electron chi connectivity index (χ4n) is 3.33. The molecule has 1 aliphatic rings. The number of carbonyl (C=O) groups is 1. The van der Waals surface area contributed by atoms with Gasteiger partial charge in [-0.3, -0.25) is 4.79 Å². The quantitative estimate of drug-likeness (QED) is 0.549. The number of nitrogens with one attached hydrogen (secondary N) is 1. The van der Waals surface area contributed by atoms with Crippen LogP contribution in [0.15, 0.2) is 57.0 Å². The Morgan fingerprint density at radius 3 is 2.58 bits per heavy atom. The molecule has 1 N–H and O–H groups in total. The number of carbonyl (C=O) groups excluding carboxylic acids is 1. The lowest BCUT2D eigenvalue weighted by atomic mass is 10.2. The number of rotatable bonds is 6. The number of oxazole rings is 1. The predicted octanol–water partition coefficient (Wildman–Crippen LogP) is 4.26. The molecular weight excluding hydrogens is 441 g/mol. The normalized spacial score (nSPS) is 16.3. The van der Waals surface area contributed by atoms with E-state index in [9.17, 15) is 17.6 Å². The van der Waals surface area contributed by atoms with Crippen molar-refractivity contribution in [2.75, 3.05) is 18.4 Å². The van der Waals surface area contributed by atoms with Gasteiger partial charge in [-0.1, -0.05) is 18.2 Å². The smallest absolute Gasteiger partial charge is 0.257 e. The molecule has 1 saturated heterocycles. The highest BCUT2D eigenvalue weighted by atomic mass is 32.2. The third kappa shape index (κ3) is 4.91. The van der Waals surface area contributed by atoms with Gasteiger partial charge in [0.1, 0.15) is 11.3 Å². The lowest BCUT2D eigenvalue weighted by Gasteiger charge is -2.25. The molecule has 0 saturated carbocycles. The Morgan fingerprint density at radius 1 is 1.16 bits per heavy atom. The van der Waals surface area contributed by atoms with Crippen LogP contribution >= 0.6 is 11.8 Å². The lowest BCUT2D eigenvalue weighted by Crippen LogP contribution is -2.35. The summed E-state index contributed by atoms with van der Waals surface area (Å²) in [5.41, 5.74) is 1.36. The summed E-state index contributed by atoms with van der Waals surface area (Å²) in [6.07, 6.45) is 2.77. The van der Waals surface area contributed by atoms with Gasteiger partial charge in [0.25, 0.3) is 5.22 Å². The van der Waals surface area contributed by atoms with Crippen LogP contribution in [0, 0.1) is 5.82 Å². The van der Waals surface area contributed by atoms with Crippen molar-refractivity contribution in [2.24, 2.45) is 0 Å². The molecule has 7 nitrogen and oxygen atoms in total. The SMILES string of the molecule is C[C@@H](Sc1nc2cc(S(=O)(=O)N3CCCCC3)ccc2o1)C(=O)Nc1ccc(F)cc1. The van der Waals surface area contributed by atoms with E-state index in [1.165, 1.54) is 40.7 Å². The first kappa shape index (κ1) is 21.8. The van der Waals surface area contributed by atoms with Crippen LogP contribution in [0.3, 0.4) is 0 Å². The number of piperidine rings is 1. The molecule has 1 aromatic heterocycles. The molecule has 2 aromatic carbocycles. The van der Waals surface area contributed by atoms with Crippen molar-refractivity contribution in [3.8, 4) is 0 Å². The van der Waals surface area contributed by atoms with Crippen LogP contribution in [-0.4, -0.2) is 42.0 Å². The Labute approximate surface area is 184 Å². The first-order chi connectivity index (χ1) is 14.8. The van der Waals surface area contributed by atoms with Gasteiger partial charge in [0.15, 0.2) is 5.58 Å². The van der Waals surface area contributed by atoms with Gasteiger partial charge in [0.2, 0.25) is 15.9 Å². The summed E-state index contributed by atoms with van der Waals surface area (Å²) in [5.74, 6) is -0.666. The Balaban J connectivity index is 1.47. The van der Waals surface area contributed by atoms with Crippen molar-refractivity contribution in [1.82, 2.24) is 9.29 Å². The zero-order chi connectivity index (χ0) is 22.0. The maximum Gasteiger partial charge on any atom is 0.257 e. The molecule has 31 heavy (non-hydrogen) atoms. The molecule has 4 rings (SSSR count). The number of anilines is 1. The highest BCUT2D eigenvalue weighted by Gasteiger charge is 2.27. The molecule has 164 valence electrons. The van der Waals surface area contributed by atoms with E-state index in [4.69, 9.17) is 4.42 Å². The van der Waals surface area contributed by atoms with E-state index in [0.717, 1.165) is 31.0 Å². The number of hydrogen-bond donors (Lipinski definition) is 1. The zero-order valence-corrected chi connectivity index (χ0v) is 18.5. The largest absolute Gasteiger partial charge is 0.431 e. The number of nitrogens with zero attached hydrogens (tertiary/aromatic N) is 2. The molecule has 1 fully saturated rings. The van der Waals surface area contributed by atoms with Crippen LogP contribution in [0.4, 0.5) is 10.1 Å². The van der Waals surface area contributed by atoms with Crippen LogP contribution in [0.25, 0.3) is 11.1 Å². The average Bonchev–Trinajstić information content (AvgIpc) is 3.17. The molecule has 0 radical (unpaired) electrons. The number of sulfonamides is 1. The van der Waals surface area contributed by atoms with Crippen LogP contribution in [0.1, 0.15) is 26.2 Å². The van der Waals surface area contributed by atoms with E-state index in [-0.39, 0.29) is 21.8 Å². The predicted molar refractivity (Wildman–Crippen MR) is 117 cm³/mol. The minimum Gasteiger partial charge on any atom is -0.431 e. The Kier molecular flexibility index (Phi) is 6.31. The first-order valence-electron chi connectivity index (χ1n) is 9.97. The van der Waals surface area contributed by atoms with Crippen molar-refractivity contribution in [1.29, 1.82) is 0 Å². The van der Waals surface area contributed by atoms with Crippen LogP contribution in [-0.2, 0) is 14.8 Å². The molecule has 0 bridgehead atoms. The summed E-state index contributed by atoms with van der Waals surface area (Å²) in [6, 6.07) is 10.1. The van der Waals surface area contributed by atoms with Crippen molar-refractivity contribution < 1.29 is 22.0 Å². The number of hydrogen-bond acceptors (Lipinski definition) is 6. The Hall–Kier alpha value is -2.43. The number of benzene rings is 2. The summed E-state index contributed by atoms with van der Waals surface area (Å²) < 4.78 is 46.0. The maximum atomic E-state index is 13.0. The van der Waals surface area contributed by atoms with E-state index < -0.39 is 15.3 Å². The summed E-state index contributed by atoms with van der Waals surface area (Å²) in [7, 11) is -3.56. The van der Waals surface area contributed by atoms with Gasteiger partial charge in [0.05, 0.1) is 10.1 Å². The second kappa shape index (κ2) is 8.97. The third-order valence-electron chi connectivity index (χ3n) is 5.05. The molecule has 2 heterocycles. The minimum atomic E-state index is -3.56. The highest BCUT2D eigenvalue weighted by molar-refractivity contribution is 8.00. The summed E-state index contributed by atoms with van der Waals surface area (Å²) in [5, 5.41) is 2.44. The molecule has 1 aliphatic heterocycles. The zero-order valence-electron chi connectivity index (χ0n) is 16.9. The molecule has 0 spiro atoms. The highest BCUT2D eigenvalue weighted by Crippen LogP contribution is 2.30. The molecule has 1 atom stereocenters. The summed E-state index contributed by atoms with van der Waals surface area (Å²) in [4.78, 5) is 16.9. The number of aromatic nitrogens is 1. The molecule has 1 amide bonds. The van der Waals surface area contributed by atoms with Crippen LogP contribution in [0.5, 0.6) is 0 Å². The van der Waals surface area contributed by atoms with Gasteiger partial charge in [-0.25, -0.2) is 17.8 Å². The number of amides is 1. The van der Waals surface area contributed by atoms with E-state index >= 15 is 0 Å². The van der Waals surface area contributed by atoms with Crippen molar-refractivity contribution in [3.05, 3.63) is 48.3 Å². The van der Waals surface area contributed by atoms with Gasteiger partial charge >= 0.3 is 0 Å². The summed E-state index contributed by atoms with van der Waals surface area (Å²) >= 11 is 1.12. The Morgan fingerprint density at radius 2 is 1.87 bits per heavy atom. The molecule has 3 aromatic rings. The fourth-order valence-corrected chi connectivity index (χ4v) is 5.63. The van der Waals surface area contributed by atoms with Gasteiger partial charge in [-0.05, 0) is 62.2 Å². The number of halogens is 1. The van der Waals surface area contributed by atoms with Gasteiger partial charge in [-0.15, -0.1) is 0 Å². The van der Waals surface area contributed by atoms with Gasteiger partial charge < -0.3 is 9.73 Å². The van der Waals surface area contributed by atoms with Crippen molar-refractivity contribution in [3.63, 3.8) is 0 Å². The molecule has 10 heteroatoms. The summed E-state index contributed by atoms with van der Waals surface area (Å²) in [6.45, 7) is 2.76. The van der Waals surface area contributed by atoms with E-state index in [1.54, 1.807) is 13.0 Å². The van der Waals surface area contributed by atoms with Crippen molar-refractivity contribution >= 4 is 44.5 Å². The van der Waals surface area contributed by atoms with Crippen LogP contribution < -0.4 is 5.32 Å². The van der Waals surface area contributed by atoms with Crippen LogP contribution in [0.2, 0.25) is 0 Å². The number of fused-ring (bicyclic) bond motifs is 1. The third-order valence-corrected chi connectivity index (χ3v) is 7.89. The maximum absolute atomic E-state index is 13.0. The topological polar surface area (TPSA) is 92.5 Å². The first-order valence-corrected chi connectivity index (χ1v) is 12.3. The van der Waals surface area contributed by atoms with E-state index in [0.29, 0.717) is 29.9 Å². The monoisotopic (exact) mass is 463 g/mol. The molecule has 0 unspecified atom stereocenters. The lowest BCUT2D eigenvalue weighted by molar-refractivity contribution is -0.115. The van der Waals surface area contributed by atoms with Crippen molar-refractivity contribution in [2.45, 2.75) is 41.6 Å². The fraction of sp³-hybridized carbons (Fsp3) is 0.333. The standard InChI is InChI=1S/C21H22FN3O4S2/c1-14(20(26)23-16-7-5-15(22)6-8-16)30-21-24-18-13-17(9-10-19(18)29-21)31(27,28)25-11-3-2-4-12-25/h5-10,13-14H,2-4,11-12H2,1H3,(H,23,26)/t14-/m1/s1. The minimum absolute atomic E-state index is 0.189. The van der Waals surface area contributed by atoms with E-state index in [1.807, 2.05) is 0 Å². The van der Waals surface area contributed by atoms with Gasteiger partial charge in [-0.2, -0.15) is 4.31 Å². The second-order valence-electron chi connectivity index (χ2n) is 7.33. The van der Waals surface area contributed by atoms with E-state index in [2.05, 4.69) is 10.3 Å². The molecule has 0 aliphatic carbocycles. The number of thioether (sulfide) groups is 1. The van der Waals surface area contributed by atoms with Gasteiger partial charge in [0, 0.05) is 18.8 Å².